The Hall–Kier alpha value is -3.07. The lowest BCUT2D eigenvalue weighted by atomic mass is 10.0. The SMILES string of the molecule is O=S(=O)(Nc1ccc(O)c(C2=C(N3CCOCC3)/C(=C\c3ccc(Br)cc3)CC2)c1)c1ccccc1. The van der Waals surface area contributed by atoms with Crippen LogP contribution in [0.5, 0.6) is 5.75 Å². The first kappa shape index (κ1) is 24.6. The molecule has 1 saturated heterocycles. The Morgan fingerprint density at radius 3 is 2.39 bits per heavy atom. The first-order valence-electron chi connectivity index (χ1n) is 11.8. The molecule has 0 atom stereocenters. The maximum absolute atomic E-state index is 12.9. The van der Waals surface area contributed by atoms with E-state index in [1.165, 1.54) is 5.57 Å². The summed E-state index contributed by atoms with van der Waals surface area (Å²) >= 11 is 3.49. The topological polar surface area (TPSA) is 78.9 Å². The number of ether oxygens (including phenoxy) is 1. The minimum atomic E-state index is -3.75. The summed E-state index contributed by atoms with van der Waals surface area (Å²) in [5, 5.41) is 10.9. The van der Waals surface area contributed by atoms with Crippen molar-refractivity contribution in [3.05, 3.63) is 99.7 Å². The van der Waals surface area contributed by atoms with Gasteiger partial charge >= 0.3 is 0 Å². The molecule has 0 bridgehead atoms. The van der Waals surface area contributed by atoms with Gasteiger partial charge in [-0.3, -0.25) is 4.72 Å². The Bertz CT molecular complexity index is 1410. The average molecular weight is 568 g/mol. The molecule has 6 nitrogen and oxygen atoms in total. The van der Waals surface area contributed by atoms with E-state index in [1.807, 2.05) is 12.1 Å². The Kier molecular flexibility index (Phi) is 7.18. The van der Waals surface area contributed by atoms with E-state index in [4.69, 9.17) is 4.74 Å². The van der Waals surface area contributed by atoms with Crippen LogP contribution in [-0.4, -0.2) is 44.7 Å². The second-order valence-electron chi connectivity index (χ2n) is 8.80. The molecule has 0 spiro atoms. The first-order chi connectivity index (χ1) is 17.4. The first-order valence-corrected chi connectivity index (χ1v) is 14.1. The molecule has 0 unspecified atom stereocenters. The molecule has 0 radical (unpaired) electrons. The van der Waals surface area contributed by atoms with Gasteiger partial charge in [-0.25, -0.2) is 8.42 Å². The largest absolute Gasteiger partial charge is 0.507 e. The van der Waals surface area contributed by atoms with Crippen LogP contribution in [0.1, 0.15) is 24.0 Å². The normalized spacial score (nSPS) is 17.6. The number of phenols is 1. The Morgan fingerprint density at radius 2 is 1.67 bits per heavy atom. The van der Waals surface area contributed by atoms with Gasteiger partial charge < -0.3 is 14.7 Å². The summed E-state index contributed by atoms with van der Waals surface area (Å²) < 4.78 is 35.1. The number of nitrogens with zero attached hydrogens (tertiary/aromatic N) is 1. The van der Waals surface area contributed by atoms with Crippen LogP contribution in [0.2, 0.25) is 0 Å². The summed E-state index contributed by atoms with van der Waals surface area (Å²) in [6.45, 7) is 2.81. The number of allylic oxidation sites excluding steroid dienone is 2. The number of halogens is 1. The number of nitrogens with one attached hydrogen (secondary N) is 1. The molecular formula is C28H27BrN2O4S. The second kappa shape index (κ2) is 10.5. The number of hydrogen-bond donors (Lipinski definition) is 2. The fourth-order valence-corrected chi connectivity index (χ4v) is 6.02. The number of morpholine rings is 1. The van der Waals surface area contributed by atoms with Gasteiger partial charge in [-0.2, -0.15) is 0 Å². The highest BCUT2D eigenvalue weighted by atomic mass is 79.9. The molecule has 36 heavy (non-hydrogen) atoms. The molecule has 1 fully saturated rings. The van der Waals surface area contributed by atoms with Crippen molar-refractivity contribution >= 4 is 43.3 Å². The summed E-state index contributed by atoms with van der Waals surface area (Å²) in [5.41, 5.74) is 5.46. The molecule has 1 heterocycles. The maximum Gasteiger partial charge on any atom is 0.261 e. The van der Waals surface area contributed by atoms with Gasteiger partial charge in [-0.15, -0.1) is 0 Å². The van der Waals surface area contributed by atoms with Gasteiger partial charge in [-0.05, 0) is 78.1 Å². The summed E-state index contributed by atoms with van der Waals surface area (Å²) in [7, 11) is -3.75. The lowest BCUT2D eigenvalue weighted by Gasteiger charge is -2.32. The van der Waals surface area contributed by atoms with E-state index < -0.39 is 10.0 Å². The maximum atomic E-state index is 12.9. The zero-order chi connectivity index (χ0) is 25.1. The number of sulfonamides is 1. The molecule has 0 amide bonds. The zero-order valence-electron chi connectivity index (χ0n) is 19.7. The van der Waals surface area contributed by atoms with Gasteiger partial charge in [0.15, 0.2) is 0 Å². The summed E-state index contributed by atoms with van der Waals surface area (Å²) in [5.74, 6) is 0.128. The lowest BCUT2D eigenvalue weighted by Crippen LogP contribution is -2.36. The highest BCUT2D eigenvalue weighted by Gasteiger charge is 2.28. The fourth-order valence-electron chi connectivity index (χ4n) is 4.69. The molecule has 1 aliphatic carbocycles. The van der Waals surface area contributed by atoms with E-state index in [1.54, 1.807) is 48.5 Å². The molecule has 3 aromatic carbocycles. The molecule has 3 aromatic rings. The van der Waals surface area contributed by atoms with Gasteiger partial charge in [-0.1, -0.05) is 46.3 Å². The number of phenolic OH excluding ortho intramolecular Hbond substituents is 1. The highest BCUT2D eigenvalue weighted by molar-refractivity contribution is 9.10. The number of hydrogen-bond acceptors (Lipinski definition) is 5. The van der Waals surface area contributed by atoms with Crippen LogP contribution >= 0.6 is 15.9 Å². The standard InChI is InChI=1S/C28H27BrN2O4S/c29-22-9-6-20(7-10-22)18-21-8-12-25(28(21)31-14-16-35-17-15-31)26-19-23(11-13-27(26)32)30-36(33,34)24-4-2-1-3-5-24/h1-7,9-11,13,18-19,30,32H,8,12,14-17H2/b21-18-. The summed E-state index contributed by atoms with van der Waals surface area (Å²) in [4.78, 5) is 2.50. The third-order valence-electron chi connectivity index (χ3n) is 6.40. The van der Waals surface area contributed by atoms with Crippen molar-refractivity contribution in [3.8, 4) is 5.75 Å². The van der Waals surface area contributed by atoms with E-state index in [0.29, 0.717) is 24.5 Å². The Morgan fingerprint density at radius 1 is 0.944 bits per heavy atom. The molecule has 5 rings (SSSR count). The Labute approximate surface area is 220 Å². The van der Waals surface area contributed by atoms with Gasteiger partial charge in [0.2, 0.25) is 0 Å². The number of rotatable bonds is 6. The monoisotopic (exact) mass is 566 g/mol. The highest BCUT2D eigenvalue weighted by Crippen LogP contribution is 2.44. The molecule has 2 N–H and O–H groups in total. The number of anilines is 1. The lowest BCUT2D eigenvalue weighted by molar-refractivity contribution is 0.0553. The van der Waals surface area contributed by atoms with E-state index in [0.717, 1.165) is 47.2 Å². The van der Waals surface area contributed by atoms with Crippen molar-refractivity contribution < 1.29 is 18.3 Å². The smallest absolute Gasteiger partial charge is 0.261 e. The molecule has 2 aliphatic rings. The predicted octanol–water partition coefficient (Wildman–Crippen LogP) is 5.88. The fraction of sp³-hybridized carbons (Fsp3) is 0.214. The second-order valence-corrected chi connectivity index (χ2v) is 11.4. The van der Waals surface area contributed by atoms with E-state index in [9.17, 15) is 13.5 Å². The molecule has 186 valence electrons. The number of aromatic hydroxyl groups is 1. The van der Waals surface area contributed by atoms with Crippen molar-refractivity contribution in [1.82, 2.24) is 4.90 Å². The van der Waals surface area contributed by atoms with E-state index >= 15 is 0 Å². The number of benzene rings is 3. The van der Waals surface area contributed by atoms with Crippen LogP contribution in [0.25, 0.3) is 11.6 Å². The van der Waals surface area contributed by atoms with Crippen LogP contribution in [0.3, 0.4) is 0 Å². The molecule has 1 aliphatic heterocycles. The van der Waals surface area contributed by atoms with Gasteiger partial charge in [0.05, 0.1) is 18.1 Å². The zero-order valence-corrected chi connectivity index (χ0v) is 22.1. The molecule has 0 aromatic heterocycles. The van der Waals surface area contributed by atoms with Crippen LogP contribution < -0.4 is 4.72 Å². The van der Waals surface area contributed by atoms with Crippen molar-refractivity contribution in [2.24, 2.45) is 0 Å². The van der Waals surface area contributed by atoms with Crippen LogP contribution in [0.15, 0.2) is 93.4 Å². The quantitative estimate of drug-likeness (QED) is 0.364. The summed E-state index contributed by atoms with van der Waals surface area (Å²) in [6.07, 6.45) is 3.78. The van der Waals surface area contributed by atoms with Crippen LogP contribution in [0.4, 0.5) is 5.69 Å². The van der Waals surface area contributed by atoms with Crippen LogP contribution in [0, 0.1) is 0 Å². The Balaban J connectivity index is 1.55. The van der Waals surface area contributed by atoms with Crippen molar-refractivity contribution in [2.45, 2.75) is 17.7 Å². The van der Waals surface area contributed by atoms with Crippen molar-refractivity contribution in [2.75, 3.05) is 31.0 Å². The molecule has 8 heteroatoms. The van der Waals surface area contributed by atoms with Crippen molar-refractivity contribution in [1.29, 1.82) is 0 Å². The van der Waals surface area contributed by atoms with Gasteiger partial charge in [0.1, 0.15) is 5.75 Å². The third-order valence-corrected chi connectivity index (χ3v) is 8.33. The van der Waals surface area contributed by atoms with E-state index in [2.05, 4.69) is 43.8 Å². The minimum absolute atomic E-state index is 0.128. The summed E-state index contributed by atoms with van der Waals surface area (Å²) in [6, 6.07) is 21.3. The van der Waals surface area contributed by atoms with Crippen LogP contribution in [-0.2, 0) is 14.8 Å². The van der Waals surface area contributed by atoms with E-state index in [-0.39, 0.29) is 10.6 Å². The van der Waals surface area contributed by atoms with Gasteiger partial charge in [0.25, 0.3) is 10.0 Å². The molecule has 0 saturated carbocycles. The predicted molar refractivity (Wildman–Crippen MR) is 146 cm³/mol. The average Bonchev–Trinajstić information content (AvgIpc) is 3.30. The minimum Gasteiger partial charge on any atom is -0.507 e. The van der Waals surface area contributed by atoms with Gasteiger partial charge in [0, 0.05) is 34.5 Å². The van der Waals surface area contributed by atoms with Crippen molar-refractivity contribution in [3.63, 3.8) is 0 Å². The third kappa shape index (κ3) is 5.36. The molecular weight excluding hydrogens is 540 g/mol.